The van der Waals surface area contributed by atoms with Gasteiger partial charge in [0.05, 0.1) is 12.0 Å². The Bertz CT molecular complexity index is 643. The fraction of sp³-hybridized carbons (Fsp3) is 0.529. The maximum atomic E-state index is 13.0. The van der Waals surface area contributed by atoms with Crippen molar-refractivity contribution in [1.29, 1.82) is 0 Å². The smallest absolute Gasteiger partial charge is 0.313 e. The molecule has 0 bridgehead atoms. The lowest BCUT2D eigenvalue weighted by Crippen LogP contribution is -2.43. The van der Waals surface area contributed by atoms with Crippen molar-refractivity contribution in [2.24, 2.45) is 5.41 Å². The summed E-state index contributed by atoms with van der Waals surface area (Å²) in [5, 5.41) is 9.54. The lowest BCUT2D eigenvalue weighted by atomic mass is 9.88. The van der Waals surface area contributed by atoms with Crippen molar-refractivity contribution >= 4 is 27.8 Å². The highest BCUT2D eigenvalue weighted by Gasteiger charge is 2.56. The Kier molecular flexibility index (Phi) is 4.23. The van der Waals surface area contributed by atoms with E-state index in [-0.39, 0.29) is 19.1 Å². The summed E-state index contributed by atoms with van der Waals surface area (Å²) in [5.41, 5.74) is -0.431. The molecule has 23 heavy (non-hydrogen) atoms. The van der Waals surface area contributed by atoms with Gasteiger partial charge in [-0.05, 0) is 37.0 Å². The van der Waals surface area contributed by atoms with Gasteiger partial charge < -0.3 is 14.7 Å². The zero-order valence-corrected chi connectivity index (χ0v) is 14.6. The molecule has 1 atom stereocenters. The number of hydrogen-bond donors (Lipinski definition) is 1. The third kappa shape index (κ3) is 2.78. The molecule has 6 heteroatoms. The minimum Gasteiger partial charge on any atom is -0.481 e. The van der Waals surface area contributed by atoms with Gasteiger partial charge in [-0.2, -0.15) is 0 Å². The number of carbonyl (C=O) groups is 2. The molecular weight excluding hydrogens is 362 g/mol. The number of carbonyl (C=O) groups excluding carboxylic acids is 1. The van der Waals surface area contributed by atoms with Gasteiger partial charge in [-0.3, -0.25) is 9.59 Å². The Morgan fingerprint density at radius 1 is 1.35 bits per heavy atom. The highest BCUT2D eigenvalue weighted by Crippen LogP contribution is 2.51. The van der Waals surface area contributed by atoms with E-state index in [1.54, 1.807) is 4.90 Å². The van der Waals surface area contributed by atoms with Gasteiger partial charge in [0.15, 0.2) is 0 Å². The maximum Gasteiger partial charge on any atom is 0.313 e. The van der Waals surface area contributed by atoms with E-state index >= 15 is 0 Å². The van der Waals surface area contributed by atoms with Crippen molar-refractivity contribution in [1.82, 2.24) is 4.90 Å². The van der Waals surface area contributed by atoms with Crippen LogP contribution in [0, 0.1) is 5.41 Å². The lowest BCUT2D eigenvalue weighted by molar-refractivity contribution is -0.151. The zero-order valence-electron chi connectivity index (χ0n) is 13.0. The monoisotopic (exact) mass is 381 g/mol. The van der Waals surface area contributed by atoms with Gasteiger partial charge in [0, 0.05) is 24.7 Å². The second-order valence-electron chi connectivity index (χ2n) is 6.59. The molecule has 1 aromatic rings. The molecule has 0 spiro atoms. The van der Waals surface area contributed by atoms with Gasteiger partial charge >= 0.3 is 5.97 Å². The molecule has 1 heterocycles. The van der Waals surface area contributed by atoms with Crippen LogP contribution in [-0.2, 0) is 19.7 Å². The number of halogens is 1. The fourth-order valence-electron chi connectivity index (χ4n) is 3.52. The van der Waals surface area contributed by atoms with Crippen LogP contribution in [0.2, 0.25) is 0 Å². The number of benzene rings is 1. The molecule has 0 aromatic heterocycles. The Morgan fingerprint density at radius 3 is 2.65 bits per heavy atom. The van der Waals surface area contributed by atoms with Gasteiger partial charge in [-0.15, -0.1) is 0 Å². The summed E-state index contributed by atoms with van der Waals surface area (Å²) in [6.45, 7) is 0.838. The molecule has 1 saturated heterocycles. The molecule has 1 amide bonds. The summed E-state index contributed by atoms with van der Waals surface area (Å²) in [7, 11) is 1.50. The first-order chi connectivity index (χ1) is 10.9. The van der Waals surface area contributed by atoms with Gasteiger partial charge in [-0.25, -0.2) is 0 Å². The molecule has 5 nitrogen and oxygen atoms in total. The van der Waals surface area contributed by atoms with Crippen molar-refractivity contribution < 1.29 is 19.4 Å². The van der Waals surface area contributed by atoms with E-state index in [4.69, 9.17) is 4.74 Å². The third-order valence-electron chi connectivity index (χ3n) is 5.05. The second-order valence-corrected chi connectivity index (χ2v) is 7.50. The summed E-state index contributed by atoms with van der Waals surface area (Å²) in [6.07, 6.45) is 2.09. The number of amides is 1. The number of rotatable bonds is 5. The Morgan fingerprint density at radius 2 is 2.09 bits per heavy atom. The summed E-state index contributed by atoms with van der Waals surface area (Å²) in [6, 6.07) is 7.84. The first kappa shape index (κ1) is 16.5. The molecule has 2 aliphatic rings. The molecule has 1 aliphatic heterocycles. The minimum atomic E-state index is -0.974. The van der Waals surface area contributed by atoms with Crippen LogP contribution in [0.3, 0.4) is 0 Å². The molecule has 1 N–H and O–H groups in total. The number of carboxylic acids is 1. The van der Waals surface area contributed by atoms with Crippen LogP contribution in [-0.4, -0.2) is 48.7 Å². The summed E-state index contributed by atoms with van der Waals surface area (Å²) >= 11 is 3.45. The van der Waals surface area contributed by atoms with Crippen LogP contribution in [0.4, 0.5) is 0 Å². The molecule has 1 aromatic carbocycles. The molecule has 2 fully saturated rings. The predicted octanol–water partition coefficient (Wildman–Crippen LogP) is 2.43. The van der Waals surface area contributed by atoms with Gasteiger partial charge in [0.2, 0.25) is 5.91 Å². The van der Waals surface area contributed by atoms with Crippen LogP contribution < -0.4 is 0 Å². The van der Waals surface area contributed by atoms with E-state index in [0.717, 1.165) is 22.9 Å². The van der Waals surface area contributed by atoms with E-state index in [1.165, 1.54) is 7.11 Å². The van der Waals surface area contributed by atoms with Crippen molar-refractivity contribution in [3.63, 3.8) is 0 Å². The number of ether oxygens (including phenoxy) is 1. The summed E-state index contributed by atoms with van der Waals surface area (Å²) in [5.74, 6) is -0.836. The first-order valence-corrected chi connectivity index (χ1v) is 8.51. The van der Waals surface area contributed by atoms with E-state index in [1.807, 2.05) is 24.3 Å². The number of aliphatic carboxylic acids is 1. The number of carboxylic acid groups (broad SMARTS) is 1. The van der Waals surface area contributed by atoms with E-state index < -0.39 is 16.8 Å². The molecule has 124 valence electrons. The van der Waals surface area contributed by atoms with Crippen molar-refractivity contribution in [3.8, 4) is 0 Å². The molecular formula is C17H20BrNO4. The topological polar surface area (TPSA) is 66.8 Å². The Hall–Kier alpha value is -1.40. The highest BCUT2D eigenvalue weighted by molar-refractivity contribution is 9.10. The number of likely N-dealkylation sites (tertiary alicyclic amines) is 1. The third-order valence-corrected chi connectivity index (χ3v) is 5.55. The number of methoxy groups -OCH3 is 1. The highest BCUT2D eigenvalue weighted by atomic mass is 79.9. The van der Waals surface area contributed by atoms with Crippen LogP contribution in [0.1, 0.15) is 24.8 Å². The van der Waals surface area contributed by atoms with Crippen LogP contribution in [0.5, 0.6) is 0 Å². The Labute approximate surface area is 143 Å². The van der Waals surface area contributed by atoms with E-state index in [2.05, 4.69) is 15.9 Å². The van der Waals surface area contributed by atoms with Crippen molar-refractivity contribution in [3.05, 3.63) is 34.3 Å². The number of nitrogens with zero attached hydrogens (tertiary/aromatic N) is 1. The van der Waals surface area contributed by atoms with Crippen molar-refractivity contribution in [2.45, 2.75) is 24.7 Å². The standard InChI is InChI=1S/C17H20BrNO4/c1-23-11-16(15(21)22)7-8-19(10-16)14(20)17(5-6-17)12-3-2-4-13(18)9-12/h2-4,9H,5-8,10-11H2,1H3,(H,21,22). The quantitative estimate of drug-likeness (QED) is 0.850. The van der Waals surface area contributed by atoms with Crippen LogP contribution in [0.25, 0.3) is 0 Å². The van der Waals surface area contributed by atoms with Crippen LogP contribution >= 0.6 is 15.9 Å². The average molecular weight is 382 g/mol. The van der Waals surface area contributed by atoms with Crippen molar-refractivity contribution in [2.75, 3.05) is 26.8 Å². The van der Waals surface area contributed by atoms with E-state index in [0.29, 0.717) is 13.0 Å². The molecule has 1 aliphatic carbocycles. The zero-order chi connectivity index (χ0) is 16.7. The molecule has 1 saturated carbocycles. The normalized spacial score (nSPS) is 25.4. The maximum absolute atomic E-state index is 13.0. The average Bonchev–Trinajstić information content (AvgIpc) is 3.22. The van der Waals surface area contributed by atoms with Crippen LogP contribution in [0.15, 0.2) is 28.7 Å². The number of hydrogen-bond acceptors (Lipinski definition) is 3. The first-order valence-electron chi connectivity index (χ1n) is 7.71. The lowest BCUT2D eigenvalue weighted by Gasteiger charge is -2.26. The molecule has 3 rings (SSSR count). The molecule has 1 unspecified atom stereocenters. The summed E-state index contributed by atoms with van der Waals surface area (Å²) in [4.78, 5) is 26.4. The predicted molar refractivity (Wildman–Crippen MR) is 88.2 cm³/mol. The van der Waals surface area contributed by atoms with Gasteiger partial charge in [0.1, 0.15) is 5.41 Å². The van der Waals surface area contributed by atoms with Gasteiger partial charge in [-0.1, -0.05) is 28.1 Å². The SMILES string of the molecule is COCC1(C(=O)O)CCN(C(=O)C2(c3cccc(Br)c3)CC2)C1. The van der Waals surface area contributed by atoms with Gasteiger partial charge in [0.25, 0.3) is 0 Å². The fourth-order valence-corrected chi connectivity index (χ4v) is 3.92. The molecule has 0 radical (unpaired) electrons. The van der Waals surface area contributed by atoms with E-state index in [9.17, 15) is 14.7 Å². The Balaban J connectivity index is 1.81. The minimum absolute atomic E-state index is 0.0508. The largest absolute Gasteiger partial charge is 0.481 e. The summed E-state index contributed by atoms with van der Waals surface area (Å²) < 4.78 is 6.05. The second kappa shape index (κ2) is 5.91.